The predicted molar refractivity (Wildman–Crippen MR) is 71.6 cm³/mol. The summed E-state index contributed by atoms with van der Waals surface area (Å²) in [5.41, 5.74) is 0.647. The molecule has 2 heterocycles. The molecule has 21 heavy (non-hydrogen) atoms. The van der Waals surface area contributed by atoms with Crippen LogP contribution in [0.1, 0.15) is 18.7 Å². The summed E-state index contributed by atoms with van der Waals surface area (Å²) in [6, 6.07) is -0.707. The first kappa shape index (κ1) is 15.5. The van der Waals surface area contributed by atoms with Crippen LogP contribution in [0.4, 0.5) is 0 Å². The number of aryl methyl sites for hydroxylation is 1. The van der Waals surface area contributed by atoms with Crippen molar-refractivity contribution in [1.82, 2.24) is 14.5 Å². The van der Waals surface area contributed by atoms with Gasteiger partial charge >= 0.3 is 5.97 Å². The highest BCUT2D eigenvalue weighted by Gasteiger charge is 2.43. The molecule has 0 radical (unpaired) electrons. The van der Waals surface area contributed by atoms with Crippen molar-refractivity contribution in [2.45, 2.75) is 25.6 Å². The number of aliphatic carboxylic acids is 1. The van der Waals surface area contributed by atoms with Crippen molar-refractivity contribution in [1.29, 1.82) is 0 Å². The van der Waals surface area contributed by atoms with E-state index in [9.17, 15) is 14.7 Å². The first-order valence-corrected chi connectivity index (χ1v) is 6.73. The molecule has 0 saturated carbocycles. The van der Waals surface area contributed by atoms with Crippen LogP contribution in [0.3, 0.4) is 0 Å². The smallest absolute Gasteiger partial charge is 0.335 e. The van der Waals surface area contributed by atoms with Gasteiger partial charge in [-0.25, -0.2) is 9.78 Å². The van der Waals surface area contributed by atoms with Crippen LogP contribution in [0.15, 0.2) is 12.5 Å². The van der Waals surface area contributed by atoms with E-state index < -0.39 is 18.1 Å². The third kappa shape index (κ3) is 3.06. The van der Waals surface area contributed by atoms with Gasteiger partial charge in [0.05, 0.1) is 24.8 Å². The largest absolute Gasteiger partial charge is 0.479 e. The van der Waals surface area contributed by atoms with Crippen molar-refractivity contribution < 1.29 is 24.2 Å². The van der Waals surface area contributed by atoms with Gasteiger partial charge in [0.25, 0.3) is 0 Å². The van der Waals surface area contributed by atoms with E-state index in [2.05, 4.69) is 4.98 Å². The second kappa shape index (κ2) is 6.68. The fraction of sp³-hybridized carbons (Fsp3) is 0.615. The van der Waals surface area contributed by atoms with Gasteiger partial charge in [-0.1, -0.05) is 0 Å². The minimum atomic E-state index is -1.11. The second-order valence-corrected chi connectivity index (χ2v) is 4.70. The Balaban J connectivity index is 2.38. The molecule has 116 valence electrons. The van der Waals surface area contributed by atoms with E-state index in [1.54, 1.807) is 12.5 Å². The first-order chi connectivity index (χ1) is 10.1. The van der Waals surface area contributed by atoms with Crippen LogP contribution in [0, 0.1) is 0 Å². The predicted octanol–water partition coefficient (Wildman–Crippen LogP) is -0.0975. The number of carboxylic acids is 1. The lowest BCUT2D eigenvalue weighted by Crippen LogP contribution is -2.53. The lowest BCUT2D eigenvalue weighted by Gasteiger charge is -2.39. The highest BCUT2D eigenvalue weighted by molar-refractivity contribution is 5.82. The van der Waals surface area contributed by atoms with Gasteiger partial charge < -0.3 is 24.0 Å². The molecule has 2 rings (SSSR count). The third-order valence-corrected chi connectivity index (χ3v) is 3.50. The number of carbonyl (C=O) groups is 2. The molecule has 0 spiro atoms. The van der Waals surface area contributed by atoms with Crippen LogP contribution >= 0.6 is 0 Å². The number of hydrogen-bond donors (Lipinski definition) is 1. The molecule has 1 aliphatic rings. The molecule has 1 N–H and O–H groups in total. The summed E-state index contributed by atoms with van der Waals surface area (Å²) in [6.45, 7) is 2.95. The Morgan fingerprint density at radius 2 is 2.38 bits per heavy atom. The highest BCUT2D eigenvalue weighted by Crippen LogP contribution is 2.30. The fourth-order valence-corrected chi connectivity index (χ4v) is 2.47. The number of ether oxygens (including phenoxy) is 2. The molecule has 1 saturated heterocycles. The molecule has 2 atom stereocenters. The SMILES string of the molecule is CCn1cncc1C1C(C(=O)O)OCC(=O)N1CCOC. The molecule has 0 aliphatic carbocycles. The van der Waals surface area contributed by atoms with Crippen LogP contribution in [0.5, 0.6) is 0 Å². The summed E-state index contributed by atoms with van der Waals surface area (Å²) in [5, 5.41) is 9.38. The number of amides is 1. The van der Waals surface area contributed by atoms with Crippen molar-refractivity contribution >= 4 is 11.9 Å². The summed E-state index contributed by atoms with van der Waals surface area (Å²) < 4.78 is 12.0. The van der Waals surface area contributed by atoms with E-state index >= 15 is 0 Å². The minimum Gasteiger partial charge on any atom is -0.479 e. The molecule has 8 nitrogen and oxygen atoms in total. The Labute approximate surface area is 122 Å². The molecule has 1 aromatic rings. The molecule has 1 amide bonds. The minimum absolute atomic E-state index is 0.239. The van der Waals surface area contributed by atoms with Gasteiger partial charge in [0.15, 0.2) is 6.10 Å². The number of hydrogen-bond acceptors (Lipinski definition) is 5. The third-order valence-electron chi connectivity index (χ3n) is 3.50. The van der Waals surface area contributed by atoms with Gasteiger partial charge in [-0.3, -0.25) is 4.79 Å². The maximum Gasteiger partial charge on any atom is 0.335 e. The van der Waals surface area contributed by atoms with E-state index in [0.29, 0.717) is 25.4 Å². The Morgan fingerprint density at radius 1 is 1.62 bits per heavy atom. The maximum absolute atomic E-state index is 12.1. The molecule has 1 aliphatic heterocycles. The fourth-order valence-electron chi connectivity index (χ4n) is 2.47. The van der Waals surface area contributed by atoms with E-state index in [1.807, 2.05) is 11.5 Å². The van der Waals surface area contributed by atoms with Crippen LogP contribution in [0.25, 0.3) is 0 Å². The topological polar surface area (TPSA) is 93.9 Å². The number of aromatic nitrogens is 2. The zero-order valence-corrected chi connectivity index (χ0v) is 12.1. The molecule has 8 heteroatoms. The number of imidazole rings is 1. The van der Waals surface area contributed by atoms with Gasteiger partial charge in [-0.15, -0.1) is 0 Å². The summed E-state index contributed by atoms with van der Waals surface area (Å²) in [4.78, 5) is 29.1. The number of nitrogens with zero attached hydrogens (tertiary/aromatic N) is 3. The Kier molecular flexibility index (Phi) is 4.92. The van der Waals surface area contributed by atoms with Crippen LogP contribution in [-0.2, 0) is 25.6 Å². The summed E-state index contributed by atoms with van der Waals surface area (Å²) in [5.74, 6) is -1.35. The highest BCUT2D eigenvalue weighted by atomic mass is 16.5. The van der Waals surface area contributed by atoms with Crippen LogP contribution in [0.2, 0.25) is 0 Å². The number of morpholine rings is 1. The number of methoxy groups -OCH3 is 1. The van der Waals surface area contributed by atoms with E-state index in [-0.39, 0.29) is 12.5 Å². The van der Waals surface area contributed by atoms with Crippen molar-refractivity contribution in [3.05, 3.63) is 18.2 Å². The molecule has 0 bridgehead atoms. The normalized spacial score (nSPS) is 22.6. The Morgan fingerprint density at radius 3 is 3.00 bits per heavy atom. The standard InChI is InChI=1S/C13H19N3O5/c1-3-15-8-14-6-9(15)11-12(13(18)19)21-7-10(17)16(11)4-5-20-2/h6,8,11-12H,3-5,7H2,1-2H3,(H,18,19). The van der Waals surface area contributed by atoms with Gasteiger partial charge in [-0.2, -0.15) is 0 Å². The van der Waals surface area contributed by atoms with Crippen molar-refractivity contribution in [3.8, 4) is 0 Å². The van der Waals surface area contributed by atoms with Crippen LogP contribution < -0.4 is 0 Å². The Bertz CT molecular complexity index is 516. The van der Waals surface area contributed by atoms with E-state index in [4.69, 9.17) is 9.47 Å². The second-order valence-electron chi connectivity index (χ2n) is 4.70. The number of rotatable bonds is 6. The monoisotopic (exact) mass is 297 g/mol. The number of carbonyl (C=O) groups excluding carboxylic acids is 1. The molecular formula is C13H19N3O5. The van der Waals surface area contributed by atoms with Crippen molar-refractivity contribution in [2.75, 3.05) is 26.9 Å². The lowest BCUT2D eigenvalue weighted by molar-refractivity contribution is -0.174. The molecule has 0 aromatic carbocycles. The average molecular weight is 297 g/mol. The van der Waals surface area contributed by atoms with Crippen molar-refractivity contribution in [3.63, 3.8) is 0 Å². The number of carboxylic acid groups (broad SMARTS) is 1. The zero-order chi connectivity index (χ0) is 15.4. The lowest BCUT2D eigenvalue weighted by atomic mass is 10.0. The van der Waals surface area contributed by atoms with E-state index in [0.717, 1.165) is 0 Å². The zero-order valence-electron chi connectivity index (χ0n) is 12.1. The summed E-state index contributed by atoms with van der Waals surface area (Å²) in [6.07, 6.45) is 2.08. The van der Waals surface area contributed by atoms with E-state index in [1.165, 1.54) is 12.0 Å². The summed E-state index contributed by atoms with van der Waals surface area (Å²) >= 11 is 0. The maximum atomic E-state index is 12.1. The first-order valence-electron chi connectivity index (χ1n) is 6.73. The van der Waals surface area contributed by atoms with Crippen molar-refractivity contribution in [2.24, 2.45) is 0 Å². The summed E-state index contributed by atoms with van der Waals surface area (Å²) in [7, 11) is 1.53. The molecule has 1 fully saturated rings. The van der Waals surface area contributed by atoms with Gasteiger partial charge in [0.1, 0.15) is 12.6 Å². The van der Waals surface area contributed by atoms with Gasteiger partial charge in [0.2, 0.25) is 5.91 Å². The average Bonchev–Trinajstić information content (AvgIpc) is 2.93. The quantitative estimate of drug-likeness (QED) is 0.788. The van der Waals surface area contributed by atoms with Gasteiger partial charge in [0, 0.05) is 20.2 Å². The van der Waals surface area contributed by atoms with Crippen LogP contribution in [-0.4, -0.2) is 64.4 Å². The Hall–Kier alpha value is -1.93. The molecular weight excluding hydrogens is 278 g/mol. The van der Waals surface area contributed by atoms with Gasteiger partial charge in [-0.05, 0) is 6.92 Å². The molecule has 1 aromatic heterocycles. The molecule has 2 unspecified atom stereocenters.